The van der Waals surface area contributed by atoms with E-state index in [0.717, 1.165) is 5.82 Å². The first-order valence-electron chi connectivity index (χ1n) is 6.23. The van der Waals surface area contributed by atoms with E-state index >= 15 is 0 Å². The van der Waals surface area contributed by atoms with Crippen LogP contribution in [0, 0.1) is 0 Å². The Labute approximate surface area is 111 Å². The standard InChI is InChI=1S/C12H18N6O/c1-9(2)18-7-6-14-11(12(18)19)13-5-4-10-15-8-17(3)16-10/h6-9H,4-5H2,1-3H3,(H,13,14). The van der Waals surface area contributed by atoms with E-state index in [1.807, 2.05) is 20.9 Å². The van der Waals surface area contributed by atoms with Gasteiger partial charge in [0.25, 0.3) is 5.56 Å². The predicted octanol–water partition coefficient (Wildman–Crippen LogP) is 0.607. The Bertz CT molecular complexity index is 600. The van der Waals surface area contributed by atoms with Gasteiger partial charge < -0.3 is 9.88 Å². The molecule has 0 amide bonds. The molecule has 0 aromatic carbocycles. The van der Waals surface area contributed by atoms with Gasteiger partial charge in [0.15, 0.2) is 11.6 Å². The Morgan fingerprint density at radius 3 is 2.79 bits per heavy atom. The molecule has 0 aliphatic heterocycles. The average Bonchev–Trinajstić information content (AvgIpc) is 2.77. The van der Waals surface area contributed by atoms with Crippen LogP contribution < -0.4 is 10.9 Å². The summed E-state index contributed by atoms with van der Waals surface area (Å²) in [5.74, 6) is 1.11. The van der Waals surface area contributed by atoms with Crippen molar-refractivity contribution in [2.75, 3.05) is 11.9 Å². The van der Waals surface area contributed by atoms with Crippen LogP contribution >= 0.6 is 0 Å². The van der Waals surface area contributed by atoms with Crippen molar-refractivity contribution in [1.82, 2.24) is 24.3 Å². The summed E-state index contributed by atoms with van der Waals surface area (Å²) >= 11 is 0. The molecular formula is C12H18N6O. The summed E-state index contributed by atoms with van der Waals surface area (Å²) in [4.78, 5) is 20.3. The van der Waals surface area contributed by atoms with E-state index in [1.165, 1.54) is 0 Å². The van der Waals surface area contributed by atoms with Crippen LogP contribution in [0.15, 0.2) is 23.5 Å². The van der Waals surface area contributed by atoms with Gasteiger partial charge in [0.05, 0.1) is 0 Å². The first-order chi connectivity index (χ1) is 9.08. The van der Waals surface area contributed by atoms with Crippen LogP contribution in [0.5, 0.6) is 0 Å². The molecule has 2 heterocycles. The highest BCUT2D eigenvalue weighted by atomic mass is 16.1. The molecule has 7 heteroatoms. The molecular weight excluding hydrogens is 244 g/mol. The highest BCUT2D eigenvalue weighted by Gasteiger charge is 2.07. The first kappa shape index (κ1) is 13.3. The molecule has 1 N–H and O–H groups in total. The smallest absolute Gasteiger partial charge is 0.293 e. The largest absolute Gasteiger partial charge is 0.365 e. The minimum atomic E-state index is -0.105. The number of aryl methyl sites for hydroxylation is 1. The van der Waals surface area contributed by atoms with Gasteiger partial charge >= 0.3 is 0 Å². The molecule has 0 bridgehead atoms. The van der Waals surface area contributed by atoms with Crippen LogP contribution in [-0.4, -0.2) is 30.9 Å². The maximum absolute atomic E-state index is 12.1. The van der Waals surface area contributed by atoms with E-state index in [4.69, 9.17) is 0 Å². The summed E-state index contributed by atoms with van der Waals surface area (Å²) in [5, 5.41) is 7.20. The van der Waals surface area contributed by atoms with Crippen LogP contribution in [0.25, 0.3) is 0 Å². The average molecular weight is 262 g/mol. The molecule has 0 aliphatic carbocycles. The number of nitrogens with one attached hydrogen (secondary N) is 1. The van der Waals surface area contributed by atoms with Gasteiger partial charge in [0, 0.05) is 38.4 Å². The highest BCUT2D eigenvalue weighted by molar-refractivity contribution is 5.30. The van der Waals surface area contributed by atoms with E-state index in [-0.39, 0.29) is 11.6 Å². The van der Waals surface area contributed by atoms with Crippen molar-refractivity contribution in [3.8, 4) is 0 Å². The fraction of sp³-hybridized carbons (Fsp3) is 0.500. The van der Waals surface area contributed by atoms with Crippen molar-refractivity contribution in [3.63, 3.8) is 0 Å². The molecule has 2 aromatic heterocycles. The lowest BCUT2D eigenvalue weighted by Crippen LogP contribution is -2.26. The Balaban J connectivity index is 2.00. The molecule has 0 atom stereocenters. The van der Waals surface area contributed by atoms with Crippen molar-refractivity contribution in [1.29, 1.82) is 0 Å². The van der Waals surface area contributed by atoms with Crippen molar-refractivity contribution in [2.45, 2.75) is 26.3 Å². The van der Waals surface area contributed by atoms with Gasteiger partial charge in [-0.1, -0.05) is 0 Å². The van der Waals surface area contributed by atoms with Gasteiger partial charge in [0.1, 0.15) is 6.33 Å². The van der Waals surface area contributed by atoms with Crippen LogP contribution in [0.3, 0.4) is 0 Å². The lowest BCUT2D eigenvalue weighted by atomic mass is 10.3. The van der Waals surface area contributed by atoms with E-state index in [1.54, 1.807) is 28.0 Å². The minimum Gasteiger partial charge on any atom is -0.365 e. The number of hydrogen-bond donors (Lipinski definition) is 1. The number of rotatable bonds is 5. The lowest BCUT2D eigenvalue weighted by molar-refractivity contribution is 0.575. The van der Waals surface area contributed by atoms with Crippen LogP contribution in [0.2, 0.25) is 0 Å². The topological polar surface area (TPSA) is 77.6 Å². The number of anilines is 1. The van der Waals surface area contributed by atoms with E-state index in [2.05, 4.69) is 20.4 Å². The molecule has 2 aromatic rings. The fourth-order valence-corrected chi connectivity index (χ4v) is 1.74. The molecule has 0 radical (unpaired) electrons. The quantitative estimate of drug-likeness (QED) is 0.854. The third-order valence-electron chi connectivity index (χ3n) is 2.71. The molecule has 19 heavy (non-hydrogen) atoms. The van der Waals surface area contributed by atoms with Gasteiger partial charge in [-0.2, -0.15) is 5.10 Å². The molecule has 0 aliphatic rings. The van der Waals surface area contributed by atoms with E-state index < -0.39 is 0 Å². The van der Waals surface area contributed by atoms with E-state index in [0.29, 0.717) is 18.8 Å². The Morgan fingerprint density at radius 1 is 1.37 bits per heavy atom. The van der Waals surface area contributed by atoms with Crippen molar-refractivity contribution in [2.24, 2.45) is 7.05 Å². The number of hydrogen-bond acceptors (Lipinski definition) is 5. The minimum absolute atomic E-state index is 0.105. The number of aromatic nitrogens is 5. The van der Waals surface area contributed by atoms with Gasteiger partial charge in [-0.15, -0.1) is 0 Å². The lowest BCUT2D eigenvalue weighted by Gasteiger charge is -2.11. The first-order valence-corrected chi connectivity index (χ1v) is 6.23. The SMILES string of the molecule is CC(C)n1ccnc(NCCc2ncn(C)n2)c1=O. The summed E-state index contributed by atoms with van der Waals surface area (Å²) in [6.07, 6.45) is 5.63. The molecule has 0 saturated carbocycles. The van der Waals surface area contributed by atoms with Gasteiger partial charge in [0.2, 0.25) is 0 Å². The maximum Gasteiger partial charge on any atom is 0.293 e. The third kappa shape index (κ3) is 3.18. The summed E-state index contributed by atoms with van der Waals surface area (Å²) in [7, 11) is 1.82. The second kappa shape index (κ2) is 5.64. The Hall–Kier alpha value is -2.18. The highest BCUT2D eigenvalue weighted by Crippen LogP contribution is 2.01. The zero-order valence-corrected chi connectivity index (χ0v) is 11.4. The zero-order valence-electron chi connectivity index (χ0n) is 11.4. The van der Waals surface area contributed by atoms with Crippen molar-refractivity contribution < 1.29 is 0 Å². The van der Waals surface area contributed by atoms with Crippen molar-refractivity contribution in [3.05, 3.63) is 34.9 Å². The summed E-state index contributed by atoms with van der Waals surface area (Å²) < 4.78 is 3.30. The van der Waals surface area contributed by atoms with Crippen molar-refractivity contribution >= 4 is 5.82 Å². The second-order valence-corrected chi connectivity index (χ2v) is 4.59. The van der Waals surface area contributed by atoms with E-state index in [9.17, 15) is 4.79 Å². The molecule has 0 saturated heterocycles. The number of nitrogens with zero attached hydrogens (tertiary/aromatic N) is 5. The van der Waals surface area contributed by atoms with Crippen LogP contribution in [0.1, 0.15) is 25.7 Å². The fourth-order valence-electron chi connectivity index (χ4n) is 1.74. The van der Waals surface area contributed by atoms with Gasteiger partial charge in [-0.05, 0) is 13.8 Å². The van der Waals surface area contributed by atoms with Crippen LogP contribution in [0.4, 0.5) is 5.82 Å². The summed E-state index contributed by atoms with van der Waals surface area (Å²) in [6.45, 7) is 4.50. The Kier molecular flexibility index (Phi) is 3.94. The maximum atomic E-state index is 12.1. The summed E-state index contributed by atoms with van der Waals surface area (Å²) in [6, 6.07) is 0.119. The molecule has 102 valence electrons. The molecule has 2 rings (SSSR count). The molecule has 7 nitrogen and oxygen atoms in total. The Morgan fingerprint density at radius 2 is 2.16 bits per heavy atom. The monoisotopic (exact) mass is 262 g/mol. The van der Waals surface area contributed by atoms with Gasteiger partial charge in [-0.3, -0.25) is 9.48 Å². The normalized spacial score (nSPS) is 10.9. The molecule has 0 unspecified atom stereocenters. The second-order valence-electron chi connectivity index (χ2n) is 4.59. The third-order valence-corrected chi connectivity index (χ3v) is 2.71. The summed E-state index contributed by atoms with van der Waals surface area (Å²) in [5.41, 5.74) is -0.105. The molecule has 0 fully saturated rings. The van der Waals surface area contributed by atoms with Gasteiger partial charge in [-0.25, -0.2) is 9.97 Å². The van der Waals surface area contributed by atoms with Crippen LogP contribution in [-0.2, 0) is 13.5 Å². The predicted molar refractivity (Wildman–Crippen MR) is 72.1 cm³/mol. The zero-order chi connectivity index (χ0) is 13.8. The molecule has 0 spiro atoms.